The molecule has 1 aromatic rings. The Labute approximate surface area is 120 Å². The van der Waals surface area contributed by atoms with Gasteiger partial charge in [0.15, 0.2) is 5.16 Å². The maximum Gasteiger partial charge on any atom is 0.313 e. The highest BCUT2D eigenvalue weighted by atomic mass is 32.2. The summed E-state index contributed by atoms with van der Waals surface area (Å²) >= 11 is 1.11. The number of amides is 1. The Morgan fingerprint density at radius 3 is 2.60 bits per heavy atom. The lowest BCUT2D eigenvalue weighted by Gasteiger charge is -2.22. The third kappa shape index (κ3) is 3.30. The molecule has 0 spiro atoms. The van der Waals surface area contributed by atoms with Crippen LogP contribution in [0.25, 0.3) is 0 Å². The molecule has 1 heterocycles. The monoisotopic (exact) mass is 298 g/mol. The number of hydrogen-bond donors (Lipinski definition) is 2. The van der Waals surface area contributed by atoms with Gasteiger partial charge in [-0.15, -0.1) is 10.2 Å². The predicted molar refractivity (Wildman–Crippen MR) is 73.3 cm³/mol. The number of carbonyl (C=O) groups is 2. The Morgan fingerprint density at radius 1 is 1.45 bits per heavy atom. The Bertz CT molecular complexity index is 537. The molecule has 0 aliphatic heterocycles. The van der Waals surface area contributed by atoms with Crippen LogP contribution >= 0.6 is 11.8 Å². The first-order valence-electron chi connectivity index (χ1n) is 6.39. The SMILES string of the molecule is CC(C)(Cn1c(SCC(=O)O)nnc1C1CC1)C(N)=O. The van der Waals surface area contributed by atoms with E-state index in [4.69, 9.17) is 10.8 Å². The van der Waals surface area contributed by atoms with Crippen molar-refractivity contribution in [3.05, 3.63) is 5.82 Å². The first-order chi connectivity index (χ1) is 9.31. The molecule has 8 heteroatoms. The summed E-state index contributed by atoms with van der Waals surface area (Å²) in [7, 11) is 0. The second-order valence-electron chi connectivity index (χ2n) is 5.63. The van der Waals surface area contributed by atoms with E-state index in [0.29, 0.717) is 17.6 Å². The molecule has 1 aliphatic rings. The van der Waals surface area contributed by atoms with Crippen LogP contribution in [0.3, 0.4) is 0 Å². The van der Waals surface area contributed by atoms with Gasteiger partial charge in [-0.3, -0.25) is 9.59 Å². The summed E-state index contributed by atoms with van der Waals surface area (Å²) in [4.78, 5) is 22.2. The molecule has 20 heavy (non-hydrogen) atoms. The summed E-state index contributed by atoms with van der Waals surface area (Å²) in [5.41, 5.74) is 4.68. The molecule has 0 aromatic carbocycles. The fourth-order valence-electron chi connectivity index (χ4n) is 1.80. The minimum absolute atomic E-state index is 0.0835. The second-order valence-corrected chi connectivity index (χ2v) is 6.57. The molecule has 7 nitrogen and oxygen atoms in total. The van der Waals surface area contributed by atoms with Gasteiger partial charge in [0.1, 0.15) is 5.82 Å². The van der Waals surface area contributed by atoms with Gasteiger partial charge < -0.3 is 15.4 Å². The summed E-state index contributed by atoms with van der Waals surface area (Å²) < 4.78 is 1.84. The minimum Gasteiger partial charge on any atom is -0.481 e. The molecule has 0 saturated heterocycles. The normalized spacial score (nSPS) is 15.3. The van der Waals surface area contributed by atoms with Gasteiger partial charge in [-0.1, -0.05) is 11.8 Å². The molecule has 1 aromatic heterocycles. The molecule has 0 radical (unpaired) electrons. The van der Waals surface area contributed by atoms with Crippen molar-refractivity contribution in [1.82, 2.24) is 14.8 Å². The molecular formula is C12H18N4O3S. The number of thioether (sulfide) groups is 1. The van der Waals surface area contributed by atoms with Crippen LogP contribution in [-0.2, 0) is 16.1 Å². The fourth-order valence-corrected chi connectivity index (χ4v) is 2.46. The van der Waals surface area contributed by atoms with Crippen LogP contribution in [0.5, 0.6) is 0 Å². The number of carboxylic acid groups (broad SMARTS) is 1. The number of primary amides is 1. The van der Waals surface area contributed by atoms with E-state index in [0.717, 1.165) is 30.4 Å². The maximum atomic E-state index is 11.5. The summed E-state index contributed by atoms with van der Waals surface area (Å²) in [6.45, 7) is 3.89. The quantitative estimate of drug-likeness (QED) is 0.722. The van der Waals surface area contributed by atoms with Gasteiger partial charge in [0.25, 0.3) is 0 Å². The summed E-state index contributed by atoms with van der Waals surface area (Å²) in [6, 6.07) is 0. The van der Waals surface area contributed by atoms with Crippen LogP contribution in [0.4, 0.5) is 0 Å². The Balaban J connectivity index is 2.24. The van der Waals surface area contributed by atoms with Crippen molar-refractivity contribution in [1.29, 1.82) is 0 Å². The Morgan fingerprint density at radius 2 is 2.10 bits per heavy atom. The van der Waals surface area contributed by atoms with E-state index in [9.17, 15) is 9.59 Å². The molecule has 1 aliphatic carbocycles. The third-order valence-corrected chi connectivity index (χ3v) is 4.18. The van der Waals surface area contributed by atoms with Gasteiger partial charge >= 0.3 is 5.97 Å². The highest BCUT2D eigenvalue weighted by molar-refractivity contribution is 7.99. The highest BCUT2D eigenvalue weighted by Crippen LogP contribution is 2.40. The molecule has 2 rings (SSSR count). The highest BCUT2D eigenvalue weighted by Gasteiger charge is 2.34. The Hall–Kier alpha value is -1.57. The third-order valence-electron chi connectivity index (χ3n) is 3.23. The van der Waals surface area contributed by atoms with Crippen molar-refractivity contribution in [2.45, 2.75) is 44.3 Å². The van der Waals surface area contributed by atoms with Crippen LogP contribution in [0.2, 0.25) is 0 Å². The molecule has 3 N–H and O–H groups in total. The van der Waals surface area contributed by atoms with E-state index in [1.165, 1.54) is 0 Å². The average molecular weight is 298 g/mol. The Kier molecular flexibility index (Phi) is 4.03. The molecule has 1 amide bonds. The molecule has 110 valence electrons. The molecule has 1 saturated carbocycles. The first-order valence-corrected chi connectivity index (χ1v) is 7.37. The molecule has 1 fully saturated rings. The minimum atomic E-state index is -0.910. The van der Waals surface area contributed by atoms with Crippen molar-refractivity contribution in [2.75, 3.05) is 5.75 Å². The van der Waals surface area contributed by atoms with E-state index < -0.39 is 17.3 Å². The van der Waals surface area contributed by atoms with Crippen molar-refractivity contribution in [2.24, 2.45) is 11.1 Å². The summed E-state index contributed by atoms with van der Waals surface area (Å²) in [6.07, 6.45) is 2.11. The van der Waals surface area contributed by atoms with Crippen LogP contribution in [0.1, 0.15) is 38.4 Å². The predicted octanol–water partition coefficient (Wildman–Crippen LogP) is 0.844. The van der Waals surface area contributed by atoms with Gasteiger partial charge in [0.05, 0.1) is 11.2 Å². The van der Waals surface area contributed by atoms with Gasteiger partial charge in [-0.05, 0) is 26.7 Å². The topological polar surface area (TPSA) is 111 Å². The lowest BCUT2D eigenvalue weighted by molar-refractivity contribution is -0.134. The van der Waals surface area contributed by atoms with Crippen molar-refractivity contribution >= 4 is 23.6 Å². The summed E-state index contributed by atoms with van der Waals surface area (Å²) in [5, 5.41) is 17.5. The van der Waals surface area contributed by atoms with E-state index >= 15 is 0 Å². The van der Waals surface area contributed by atoms with E-state index in [1.807, 2.05) is 4.57 Å². The van der Waals surface area contributed by atoms with Crippen molar-refractivity contribution in [3.63, 3.8) is 0 Å². The number of rotatable bonds is 7. The maximum absolute atomic E-state index is 11.5. The van der Waals surface area contributed by atoms with E-state index in [1.54, 1.807) is 13.8 Å². The number of hydrogen-bond acceptors (Lipinski definition) is 5. The number of nitrogens with two attached hydrogens (primary N) is 1. The number of aromatic nitrogens is 3. The van der Waals surface area contributed by atoms with Crippen LogP contribution in [-0.4, -0.2) is 37.5 Å². The largest absolute Gasteiger partial charge is 0.481 e. The second kappa shape index (κ2) is 5.43. The number of carboxylic acids is 1. The van der Waals surface area contributed by atoms with Crippen LogP contribution in [0, 0.1) is 5.41 Å². The molecular weight excluding hydrogens is 280 g/mol. The first kappa shape index (κ1) is 14.8. The van der Waals surface area contributed by atoms with Crippen molar-refractivity contribution < 1.29 is 14.7 Å². The van der Waals surface area contributed by atoms with Gasteiger partial charge in [-0.2, -0.15) is 0 Å². The van der Waals surface area contributed by atoms with Gasteiger partial charge in [0.2, 0.25) is 5.91 Å². The zero-order valence-corrected chi connectivity index (χ0v) is 12.3. The fraction of sp³-hybridized carbons (Fsp3) is 0.667. The molecule has 0 unspecified atom stereocenters. The van der Waals surface area contributed by atoms with Gasteiger partial charge in [0, 0.05) is 12.5 Å². The van der Waals surface area contributed by atoms with Crippen molar-refractivity contribution in [3.8, 4) is 0 Å². The van der Waals surface area contributed by atoms with E-state index in [-0.39, 0.29) is 5.75 Å². The lowest BCUT2D eigenvalue weighted by atomic mass is 9.92. The standard InChI is InChI=1S/C12H18N4O3S/c1-12(2,10(13)19)6-16-9(7-3-4-7)14-15-11(16)20-5-8(17)18/h7H,3-6H2,1-2H3,(H2,13,19)(H,17,18). The zero-order chi connectivity index (χ0) is 14.9. The summed E-state index contributed by atoms with van der Waals surface area (Å²) in [5.74, 6) is -0.203. The number of nitrogens with zero attached hydrogens (tertiary/aromatic N) is 3. The zero-order valence-electron chi connectivity index (χ0n) is 11.5. The van der Waals surface area contributed by atoms with Crippen LogP contribution < -0.4 is 5.73 Å². The average Bonchev–Trinajstić information content (AvgIpc) is 3.10. The lowest BCUT2D eigenvalue weighted by Crippen LogP contribution is -2.36. The number of carbonyl (C=O) groups excluding carboxylic acids is 1. The number of aliphatic carboxylic acids is 1. The smallest absolute Gasteiger partial charge is 0.313 e. The molecule has 0 atom stereocenters. The van der Waals surface area contributed by atoms with Crippen LogP contribution in [0.15, 0.2) is 5.16 Å². The molecule has 0 bridgehead atoms. The van der Waals surface area contributed by atoms with E-state index in [2.05, 4.69) is 10.2 Å². The van der Waals surface area contributed by atoms with Gasteiger partial charge in [-0.25, -0.2) is 0 Å².